The Bertz CT molecular complexity index is 985. The van der Waals surface area contributed by atoms with Gasteiger partial charge >= 0.3 is 6.61 Å². The number of pyridine rings is 1. The number of hydrogen-bond acceptors (Lipinski definition) is 4. The van der Waals surface area contributed by atoms with Gasteiger partial charge in [0, 0.05) is 17.7 Å². The van der Waals surface area contributed by atoms with Crippen molar-refractivity contribution in [3.63, 3.8) is 0 Å². The first-order valence-electron chi connectivity index (χ1n) is 8.02. The minimum absolute atomic E-state index is 0.0719. The summed E-state index contributed by atoms with van der Waals surface area (Å²) in [7, 11) is 1.35. The Hall–Kier alpha value is -3.48. The van der Waals surface area contributed by atoms with Crippen LogP contribution in [-0.2, 0) is 4.79 Å². The van der Waals surface area contributed by atoms with Gasteiger partial charge in [-0.05, 0) is 48.0 Å². The van der Waals surface area contributed by atoms with Crippen LogP contribution in [0.5, 0.6) is 11.5 Å². The first kappa shape index (κ1) is 18.3. The molecule has 0 saturated carbocycles. The molecule has 138 valence electrons. The predicted octanol–water partition coefficient (Wildman–Crippen LogP) is 4.50. The van der Waals surface area contributed by atoms with Crippen molar-refractivity contribution in [2.24, 2.45) is 0 Å². The number of benzene rings is 2. The Kier molecular flexibility index (Phi) is 5.61. The predicted molar refractivity (Wildman–Crippen MR) is 99.0 cm³/mol. The normalized spacial score (nSPS) is 11.1. The molecule has 0 radical (unpaired) electrons. The summed E-state index contributed by atoms with van der Waals surface area (Å²) in [5, 5.41) is 3.63. The average Bonchev–Trinajstić information content (AvgIpc) is 2.67. The van der Waals surface area contributed by atoms with E-state index < -0.39 is 6.61 Å². The molecule has 1 N–H and O–H groups in total. The lowest BCUT2D eigenvalue weighted by Crippen LogP contribution is -2.08. The molecule has 5 nitrogen and oxygen atoms in total. The lowest BCUT2D eigenvalue weighted by atomic mass is 10.1. The van der Waals surface area contributed by atoms with Crippen molar-refractivity contribution < 1.29 is 23.0 Å². The second-order valence-electron chi connectivity index (χ2n) is 5.49. The van der Waals surface area contributed by atoms with Gasteiger partial charge in [-0.15, -0.1) is 0 Å². The summed E-state index contributed by atoms with van der Waals surface area (Å²) >= 11 is 0. The number of carbonyl (C=O) groups excluding carboxylic acids is 1. The van der Waals surface area contributed by atoms with Gasteiger partial charge in [0.15, 0.2) is 11.5 Å². The Labute approximate surface area is 154 Å². The smallest absolute Gasteiger partial charge is 0.387 e. The number of fused-ring (bicyclic) bond motifs is 1. The number of alkyl halides is 2. The quantitative estimate of drug-likeness (QED) is 0.649. The molecule has 0 spiro atoms. The van der Waals surface area contributed by atoms with Gasteiger partial charge in [-0.3, -0.25) is 9.78 Å². The van der Waals surface area contributed by atoms with Crippen molar-refractivity contribution in [2.45, 2.75) is 6.61 Å². The number of anilines is 1. The zero-order chi connectivity index (χ0) is 19.2. The molecule has 0 aliphatic heterocycles. The fraction of sp³-hybridized carbons (Fsp3) is 0.100. The van der Waals surface area contributed by atoms with Crippen molar-refractivity contribution >= 4 is 28.6 Å². The number of hydrogen-bond donors (Lipinski definition) is 1. The zero-order valence-corrected chi connectivity index (χ0v) is 14.4. The van der Waals surface area contributed by atoms with E-state index in [1.165, 1.54) is 25.3 Å². The molecule has 3 rings (SSSR count). The van der Waals surface area contributed by atoms with Crippen LogP contribution in [0.4, 0.5) is 14.5 Å². The van der Waals surface area contributed by atoms with E-state index in [-0.39, 0.29) is 17.4 Å². The van der Waals surface area contributed by atoms with Crippen molar-refractivity contribution in [3.8, 4) is 11.5 Å². The number of ether oxygens (including phenoxy) is 2. The Morgan fingerprint density at radius 3 is 2.78 bits per heavy atom. The number of aromatic nitrogens is 1. The van der Waals surface area contributed by atoms with Crippen LogP contribution < -0.4 is 14.8 Å². The molecule has 0 saturated heterocycles. The Morgan fingerprint density at radius 2 is 2.00 bits per heavy atom. The van der Waals surface area contributed by atoms with Gasteiger partial charge in [-0.1, -0.05) is 12.1 Å². The van der Waals surface area contributed by atoms with Gasteiger partial charge in [0.2, 0.25) is 5.91 Å². The highest BCUT2D eigenvalue weighted by Gasteiger charge is 2.10. The van der Waals surface area contributed by atoms with Crippen LogP contribution >= 0.6 is 0 Å². The second-order valence-corrected chi connectivity index (χ2v) is 5.49. The van der Waals surface area contributed by atoms with Crippen molar-refractivity contribution in [1.82, 2.24) is 4.98 Å². The summed E-state index contributed by atoms with van der Waals surface area (Å²) in [4.78, 5) is 16.5. The van der Waals surface area contributed by atoms with Gasteiger partial charge in [-0.2, -0.15) is 8.78 Å². The minimum atomic E-state index is -2.94. The highest BCUT2D eigenvalue weighted by atomic mass is 19.3. The fourth-order valence-corrected chi connectivity index (χ4v) is 2.54. The van der Waals surface area contributed by atoms with Crippen LogP contribution in [0.15, 0.2) is 60.8 Å². The van der Waals surface area contributed by atoms with E-state index >= 15 is 0 Å². The molecule has 1 amide bonds. The number of halogens is 2. The van der Waals surface area contributed by atoms with Crippen LogP contribution in [0.1, 0.15) is 5.56 Å². The lowest BCUT2D eigenvalue weighted by Gasteiger charge is -2.10. The first-order valence-corrected chi connectivity index (χ1v) is 8.02. The molecular weight excluding hydrogens is 354 g/mol. The maximum Gasteiger partial charge on any atom is 0.387 e. The molecule has 27 heavy (non-hydrogen) atoms. The van der Waals surface area contributed by atoms with Crippen LogP contribution in [0.2, 0.25) is 0 Å². The van der Waals surface area contributed by atoms with Gasteiger partial charge in [0.05, 0.1) is 18.3 Å². The SMILES string of the molecule is COc1cc(/C=C/C(=O)Nc2cccc3ncccc23)ccc1OC(F)F. The number of nitrogens with zero attached hydrogens (tertiary/aromatic N) is 1. The van der Waals surface area contributed by atoms with E-state index in [0.29, 0.717) is 11.3 Å². The molecule has 1 heterocycles. The summed E-state index contributed by atoms with van der Waals surface area (Å²) < 4.78 is 34.1. The molecule has 2 aromatic carbocycles. The van der Waals surface area contributed by atoms with Crippen LogP contribution in [0.3, 0.4) is 0 Å². The van der Waals surface area contributed by atoms with Gasteiger partial charge in [0.1, 0.15) is 0 Å². The van der Waals surface area contributed by atoms with Crippen molar-refractivity contribution in [2.75, 3.05) is 12.4 Å². The average molecular weight is 370 g/mol. The molecule has 0 aliphatic carbocycles. The van der Waals surface area contributed by atoms with Crippen molar-refractivity contribution in [3.05, 3.63) is 66.4 Å². The molecule has 0 atom stereocenters. The summed E-state index contributed by atoms with van der Waals surface area (Å²) in [6, 6.07) is 13.5. The second kappa shape index (κ2) is 8.27. The van der Waals surface area contributed by atoms with Crippen LogP contribution in [0, 0.1) is 0 Å². The monoisotopic (exact) mass is 370 g/mol. The molecule has 0 bridgehead atoms. The van der Waals surface area contributed by atoms with Gasteiger partial charge in [0.25, 0.3) is 0 Å². The lowest BCUT2D eigenvalue weighted by molar-refractivity contribution is -0.111. The Balaban J connectivity index is 1.74. The van der Waals surface area contributed by atoms with E-state index in [0.717, 1.165) is 10.9 Å². The maximum atomic E-state index is 12.4. The molecule has 3 aromatic rings. The number of methoxy groups -OCH3 is 1. The van der Waals surface area contributed by atoms with E-state index in [9.17, 15) is 13.6 Å². The third-order valence-electron chi connectivity index (χ3n) is 3.73. The first-order chi connectivity index (χ1) is 13.1. The van der Waals surface area contributed by atoms with Gasteiger partial charge in [-0.25, -0.2) is 0 Å². The molecule has 1 aromatic heterocycles. The summed E-state index contributed by atoms with van der Waals surface area (Å²) in [6.07, 6.45) is 4.58. The minimum Gasteiger partial charge on any atom is -0.493 e. The third kappa shape index (κ3) is 4.58. The van der Waals surface area contributed by atoms with Crippen molar-refractivity contribution in [1.29, 1.82) is 0 Å². The number of amides is 1. The molecule has 7 heteroatoms. The molecule has 0 aliphatic rings. The van der Waals surface area contributed by atoms with Gasteiger partial charge < -0.3 is 14.8 Å². The molecule has 0 unspecified atom stereocenters. The number of rotatable bonds is 6. The Morgan fingerprint density at radius 1 is 1.15 bits per heavy atom. The van der Waals surface area contributed by atoms with E-state index in [1.54, 1.807) is 36.5 Å². The largest absolute Gasteiger partial charge is 0.493 e. The highest BCUT2D eigenvalue weighted by molar-refractivity contribution is 6.06. The number of nitrogens with one attached hydrogen (secondary N) is 1. The van der Waals surface area contributed by atoms with E-state index in [1.807, 2.05) is 12.1 Å². The van der Waals surface area contributed by atoms with Crippen LogP contribution in [0.25, 0.3) is 17.0 Å². The summed E-state index contributed by atoms with van der Waals surface area (Å²) in [5.41, 5.74) is 2.02. The standard InChI is InChI=1S/C20H16F2N2O3/c1-26-18-12-13(7-9-17(18)27-20(21)22)8-10-19(25)24-16-6-2-5-15-14(16)4-3-11-23-15/h2-12,20H,1H3,(H,24,25)/b10-8+. The highest BCUT2D eigenvalue weighted by Crippen LogP contribution is 2.30. The summed E-state index contributed by atoms with van der Waals surface area (Å²) in [5.74, 6) is -0.256. The topological polar surface area (TPSA) is 60.5 Å². The molecule has 0 fully saturated rings. The van der Waals surface area contributed by atoms with E-state index in [4.69, 9.17) is 4.74 Å². The zero-order valence-electron chi connectivity index (χ0n) is 14.4. The van der Waals surface area contributed by atoms with Crippen LogP contribution in [-0.4, -0.2) is 24.6 Å². The fourth-order valence-electron chi connectivity index (χ4n) is 2.54. The number of carbonyl (C=O) groups is 1. The maximum absolute atomic E-state index is 12.4. The summed E-state index contributed by atoms with van der Waals surface area (Å²) in [6.45, 7) is -2.94. The third-order valence-corrected chi connectivity index (χ3v) is 3.73. The molecular formula is C20H16F2N2O3. The van der Waals surface area contributed by atoms with E-state index in [2.05, 4.69) is 15.0 Å².